The monoisotopic (exact) mass is 198 g/mol. The molecule has 0 aliphatic rings. The lowest BCUT2D eigenvalue weighted by atomic mass is 10.1. The van der Waals surface area contributed by atoms with E-state index in [0.717, 1.165) is 16.4 Å². The first kappa shape index (κ1) is 10.6. The van der Waals surface area contributed by atoms with Crippen LogP contribution in [0.3, 0.4) is 0 Å². The standard InChI is InChI=1S/C10H15O2P/c11-5-3-8-1-2-10(13)9(7-8)4-6-12/h1-2,7,11-12H,3-6,13H2. The maximum Gasteiger partial charge on any atom is 0.0471 e. The number of aliphatic hydroxyl groups is 2. The summed E-state index contributed by atoms with van der Waals surface area (Å²) in [7, 11) is 2.65. The minimum absolute atomic E-state index is 0.171. The molecule has 1 unspecified atom stereocenters. The third kappa shape index (κ3) is 3.07. The topological polar surface area (TPSA) is 40.5 Å². The summed E-state index contributed by atoms with van der Waals surface area (Å²) >= 11 is 0. The van der Waals surface area contributed by atoms with Crippen molar-refractivity contribution in [2.24, 2.45) is 0 Å². The highest BCUT2D eigenvalue weighted by Gasteiger charge is 1.99. The van der Waals surface area contributed by atoms with Crippen LogP contribution in [0.5, 0.6) is 0 Å². The Hall–Kier alpha value is -0.430. The molecule has 0 aliphatic carbocycles. The molecule has 13 heavy (non-hydrogen) atoms. The van der Waals surface area contributed by atoms with E-state index in [-0.39, 0.29) is 13.2 Å². The molecule has 1 aromatic carbocycles. The molecule has 1 rings (SSSR count). The van der Waals surface area contributed by atoms with Crippen molar-refractivity contribution in [2.75, 3.05) is 13.2 Å². The van der Waals surface area contributed by atoms with Crippen LogP contribution in [0.25, 0.3) is 0 Å². The number of hydrogen-bond acceptors (Lipinski definition) is 2. The first-order chi connectivity index (χ1) is 6.27. The highest BCUT2D eigenvalue weighted by molar-refractivity contribution is 7.27. The predicted octanol–water partition coefficient (Wildman–Crippen LogP) is 0.257. The van der Waals surface area contributed by atoms with Crippen molar-refractivity contribution in [3.05, 3.63) is 29.3 Å². The molecule has 0 heterocycles. The van der Waals surface area contributed by atoms with Gasteiger partial charge in [0.15, 0.2) is 0 Å². The van der Waals surface area contributed by atoms with Crippen molar-refractivity contribution in [1.29, 1.82) is 0 Å². The first-order valence-corrected chi connectivity index (χ1v) is 4.94. The van der Waals surface area contributed by atoms with E-state index in [9.17, 15) is 0 Å². The van der Waals surface area contributed by atoms with Gasteiger partial charge in [0.1, 0.15) is 0 Å². The normalized spacial score (nSPS) is 10.4. The Kier molecular flexibility index (Phi) is 4.37. The van der Waals surface area contributed by atoms with E-state index >= 15 is 0 Å². The smallest absolute Gasteiger partial charge is 0.0471 e. The van der Waals surface area contributed by atoms with E-state index in [1.54, 1.807) is 0 Å². The van der Waals surface area contributed by atoms with Crippen molar-refractivity contribution in [1.82, 2.24) is 0 Å². The molecule has 72 valence electrons. The molecule has 0 fully saturated rings. The summed E-state index contributed by atoms with van der Waals surface area (Å²) in [4.78, 5) is 0. The van der Waals surface area contributed by atoms with Crippen molar-refractivity contribution in [2.45, 2.75) is 12.8 Å². The lowest BCUT2D eigenvalue weighted by Crippen LogP contribution is -2.05. The Labute approximate surface area is 80.8 Å². The molecular weight excluding hydrogens is 183 g/mol. The minimum Gasteiger partial charge on any atom is -0.396 e. The van der Waals surface area contributed by atoms with E-state index in [1.807, 2.05) is 18.2 Å². The molecule has 1 aromatic rings. The predicted molar refractivity (Wildman–Crippen MR) is 57.4 cm³/mol. The van der Waals surface area contributed by atoms with Gasteiger partial charge in [0.2, 0.25) is 0 Å². The van der Waals surface area contributed by atoms with Gasteiger partial charge in [-0.1, -0.05) is 18.2 Å². The van der Waals surface area contributed by atoms with Crippen molar-refractivity contribution in [3.8, 4) is 0 Å². The number of rotatable bonds is 4. The number of hydrogen-bond donors (Lipinski definition) is 2. The maximum absolute atomic E-state index is 8.81. The van der Waals surface area contributed by atoms with Crippen LogP contribution in [-0.4, -0.2) is 23.4 Å². The summed E-state index contributed by atoms with van der Waals surface area (Å²) in [5.74, 6) is 0. The van der Waals surface area contributed by atoms with E-state index < -0.39 is 0 Å². The van der Waals surface area contributed by atoms with Crippen LogP contribution < -0.4 is 5.30 Å². The third-order valence-corrected chi connectivity index (χ3v) is 2.55. The summed E-state index contributed by atoms with van der Waals surface area (Å²) in [6, 6.07) is 6.04. The van der Waals surface area contributed by atoms with Crippen molar-refractivity contribution >= 4 is 14.5 Å². The fourth-order valence-corrected chi connectivity index (χ4v) is 1.60. The van der Waals surface area contributed by atoms with Gasteiger partial charge in [-0.25, -0.2) is 0 Å². The summed E-state index contributed by atoms with van der Waals surface area (Å²) in [6.07, 6.45) is 1.36. The Morgan fingerprint density at radius 2 is 1.77 bits per heavy atom. The average molecular weight is 198 g/mol. The molecule has 2 N–H and O–H groups in total. The summed E-state index contributed by atoms with van der Waals surface area (Å²) in [5.41, 5.74) is 2.26. The molecule has 0 bridgehead atoms. The van der Waals surface area contributed by atoms with Gasteiger partial charge in [0.25, 0.3) is 0 Å². The van der Waals surface area contributed by atoms with E-state index in [4.69, 9.17) is 10.2 Å². The first-order valence-electron chi connectivity index (χ1n) is 4.37. The largest absolute Gasteiger partial charge is 0.396 e. The second-order valence-corrected chi connectivity index (χ2v) is 3.60. The van der Waals surface area contributed by atoms with E-state index in [1.165, 1.54) is 0 Å². The molecule has 0 aliphatic heterocycles. The van der Waals surface area contributed by atoms with Crippen LogP contribution in [0.4, 0.5) is 0 Å². The van der Waals surface area contributed by atoms with Crippen molar-refractivity contribution < 1.29 is 10.2 Å². The molecule has 0 radical (unpaired) electrons. The molecule has 3 heteroatoms. The fourth-order valence-electron chi connectivity index (χ4n) is 1.28. The van der Waals surface area contributed by atoms with E-state index in [2.05, 4.69) is 9.24 Å². The summed E-state index contributed by atoms with van der Waals surface area (Å²) in [6.45, 7) is 0.346. The second-order valence-electron chi connectivity index (χ2n) is 2.98. The second kappa shape index (κ2) is 5.33. The molecule has 0 amide bonds. The number of aliphatic hydroxyl groups excluding tert-OH is 2. The van der Waals surface area contributed by atoms with Gasteiger partial charge in [-0.05, 0) is 29.3 Å². The third-order valence-electron chi connectivity index (χ3n) is 1.99. The van der Waals surface area contributed by atoms with Gasteiger partial charge in [0.05, 0.1) is 0 Å². The summed E-state index contributed by atoms with van der Waals surface area (Å²) in [5, 5.41) is 18.7. The van der Waals surface area contributed by atoms with Gasteiger partial charge in [-0.3, -0.25) is 0 Å². The van der Waals surface area contributed by atoms with Gasteiger partial charge in [-0.15, -0.1) is 9.24 Å². The molecule has 0 saturated carbocycles. The Morgan fingerprint density at radius 1 is 1.08 bits per heavy atom. The highest BCUT2D eigenvalue weighted by Crippen LogP contribution is 2.07. The molecule has 0 spiro atoms. The van der Waals surface area contributed by atoms with Gasteiger partial charge in [-0.2, -0.15) is 0 Å². The van der Waals surface area contributed by atoms with E-state index in [0.29, 0.717) is 12.8 Å². The lowest BCUT2D eigenvalue weighted by Gasteiger charge is -2.06. The van der Waals surface area contributed by atoms with Crippen molar-refractivity contribution in [3.63, 3.8) is 0 Å². The Morgan fingerprint density at radius 3 is 2.38 bits per heavy atom. The van der Waals surface area contributed by atoms with Gasteiger partial charge in [0, 0.05) is 13.2 Å². The minimum atomic E-state index is 0.171. The van der Waals surface area contributed by atoms with Gasteiger partial charge < -0.3 is 10.2 Å². The van der Waals surface area contributed by atoms with Crippen LogP contribution in [0.1, 0.15) is 11.1 Å². The lowest BCUT2D eigenvalue weighted by molar-refractivity contribution is 0.298. The zero-order valence-electron chi connectivity index (χ0n) is 7.53. The zero-order chi connectivity index (χ0) is 9.68. The van der Waals surface area contributed by atoms with Gasteiger partial charge >= 0.3 is 0 Å². The zero-order valence-corrected chi connectivity index (χ0v) is 8.69. The molecule has 0 saturated heterocycles. The number of benzene rings is 1. The molecule has 0 aromatic heterocycles. The van der Waals surface area contributed by atoms with Crippen LogP contribution in [0.2, 0.25) is 0 Å². The van der Waals surface area contributed by atoms with Crippen LogP contribution in [0.15, 0.2) is 18.2 Å². The Balaban J connectivity index is 2.83. The molecule has 2 nitrogen and oxygen atoms in total. The fraction of sp³-hybridized carbons (Fsp3) is 0.400. The van der Waals surface area contributed by atoms with Crippen LogP contribution in [-0.2, 0) is 12.8 Å². The SMILES string of the molecule is OCCc1ccc(P)c(CCO)c1. The quantitative estimate of drug-likeness (QED) is 0.681. The Bertz CT molecular complexity index is 274. The summed E-state index contributed by atoms with van der Waals surface area (Å²) < 4.78 is 0. The van der Waals surface area contributed by atoms with Crippen LogP contribution in [0, 0.1) is 0 Å². The van der Waals surface area contributed by atoms with Crippen LogP contribution >= 0.6 is 9.24 Å². The highest BCUT2D eigenvalue weighted by atomic mass is 31.0. The maximum atomic E-state index is 8.81. The average Bonchev–Trinajstić information content (AvgIpc) is 2.12. The molecule has 1 atom stereocenters. The molecular formula is C10H15O2P.